The van der Waals surface area contributed by atoms with Gasteiger partial charge in [-0.3, -0.25) is 4.79 Å². The minimum absolute atomic E-state index is 0.00478. The molecule has 2 aromatic carbocycles. The van der Waals surface area contributed by atoms with Crippen LogP contribution in [0.1, 0.15) is 27.9 Å². The molecule has 34 heavy (non-hydrogen) atoms. The van der Waals surface area contributed by atoms with Crippen LogP contribution in [-0.4, -0.2) is 54.5 Å². The zero-order valence-electron chi connectivity index (χ0n) is 19.5. The maximum atomic E-state index is 12.5. The third-order valence-electron chi connectivity index (χ3n) is 5.97. The number of aryl methyl sites for hydroxylation is 2. The summed E-state index contributed by atoms with van der Waals surface area (Å²) in [7, 11) is 0. The van der Waals surface area contributed by atoms with Crippen molar-refractivity contribution in [2.24, 2.45) is 0 Å². The van der Waals surface area contributed by atoms with Crippen molar-refractivity contribution in [2.45, 2.75) is 19.8 Å². The molecule has 1 aromatic heterocycles. The smallest absolute Gasteiger partial charge is 0.317 e. The van der Waals surface area contributed by atoms with Gasteiger partial charge in [-0.25, -0.2) is 9.78 Å². The van der Waals surface area contributed by atoms with Gasteiger partial charge in [-0.1, -0.05) is 48.0 Å². The number of hydrogen-bond acceptors (Lipinski definition) is 4. The maximum absolute atomic E-state index is 12.5. The van der Waals surface area contributed by atoms with Gasteiger partial charge < -0.3 is 20.4 Å². The molecular weight excluding hydrogens is 426 g/mol. The lowest BCUT2D eigenvalue weighted by Gasteiger charge is -2.35. The molecule has 4 rings (SSSR count). The Morgan fingerprint density at radius 2 is 1.65 bits per heavy atom. The van der Waals surface area contributed by atoms with Crippen molar-refractivity contribution in [3.63, 3.8) is 0 Å². The third kappa shape index (κ3) is 6.34. The molecule has 1 saturated heterocycles. The molecule has 1 aliphatic heterocycles. The monoisotopic (exact) mass is 457 g/mol. The summed E-state index contributed by atoms with van der Waals surface area (Å²) in [6.45, 7) is 5.41. The number of nitrogens with one attached hydrogen (secondary N) is 2. The van der Waals surface area contributed by atoms with Gasteiger partial charge in [0.1, 0.15) is 5.82 Å². The van der Waals surface area contributed by atoms with Crippen molar-refractivity contribution in [2.75, 3.05) is 42.9 Å². The van der Waals surface area contributed by atoms with E-state index in [4.69, 9.17) is 0 Å². The molecule has 7 heteroatoms. The highest BCUT2D eigenvalue weighted by atomic mass is 16.2. The van der Waals surface area contributed by atoms with Crippen LogP contribution in [0.4, 0.5) is 16.3 Å². The average molecular weight is 458 g/mol. The number of aromatic nitrogens is 1. The highest BCUT2D eigenvalue weighted by Gasteiger charge is 2.21. The molecule has 2 N–H and O–H groups in total. The zero-order chi connectivity index (χ0) is 23.8. The van der Waals surface area contributed by atoms with E-state index >= 15 is 0 Å². The highest BCUT2D eigenvalue weighted by Crippen LogP contribution is 2.17. The third-order valence-corrected chi connectivity index (χ3v) is 5.97. The number of urea groups is 1. The molecule has 0 unspecified atom stereocenters. The molecule has 3 amide bonds. The van der Waals surface area contributed by atoms with Crippen molar-refractivity contribution in [1.29, 1.82) is 0 Å². The molecule has 176 valence electrons. The fourth-order valence-electron chi connectivity index (χ4n) is 3.94. The van der Waals surface area contributed by atoms with Crippen molar-refractivity contribution in [1.82, 2.24) is 15.2 Å². The molecule has 1 aliphatic rings. The van der Waals surface area contributed by atoms with E-state index < -0.39 is 0 Å². The van der Waals surface area contributed by atoms with Gasteiger partial charge in [0.25, 0.3) is 5.91 Å². The number of carbonyl (C=O) groups excluding carboxylic acids is 2. The Balaban J connectivity index is 1.19. The number of hydrogen-bond donors (Lipinski definition) is 2. The van der Waals surface area contributed by atoms with Crippen LogP contribution in [0.5, 0.6) is 0 Å². The number of carbonyl (C=O) groups is 2. The molecule has 0 aliphatic carbocycles. The number of anilines is 2. The fraction of sp³-hybridized carbons (Fsp3) is 0.296. The van der Waals surface area contributed by atoms with E-state index in [9.17, 15) is 9.59 Å². The van der Waals surface area contributed by atoms with Crippen LogP contribution in [-0.2, 0) is 6.42 Å². The number of rotatable bonds is 7. The summed E-state index contributed by atoms with van der Waals surface area (Å²) in [6.07, 6.45) is 3.56. The van der Waals surface area contributed by atoms with E-state index in [1.807, 2.05) is 66.4 Å². The minimum Gasteiger partial charge on any atom is -0.353 e. The minimum atomic E-state index is -0.155. The molecule has 0 spiro atoms. The molecule has 7 nitrogen and oxygen atoms in total. The predicted molar refractivity (Wildman–Crippen MR) is 135 cm³/mol. The first-order chi connectivity index (χ1) is 16.6. The Hall–Kier alpha value is -3.87. The Kier molecular flexibility index (Phi) is 7.75. The van der Waals surface area contributed by atoms with E-state index in [1.54, 1.807) is 6.20 Å². The zero-order valence-corrected chi connectivity index (χ0v) is 19.5. The summed E-state index contributed by atoms with van der Waals surface area (Å²) in [6, 6.07) is 21.5. The Labute approximate surface area is 200 Å². The van der Waals surface area contributed by atoms with Gasteiger partial charge in [0, 0.05) is 38.3 Å². The van der Waals surface area contributed by atoms with Crippen molar-refractivity contribution >= 4 is 23.4 Å². The standard InChI is InChI=1S/C27H31N5O2/c1-21-9-11-23(12-10-21)26(33)30-24-13-14-25(29-20-24)31-16-18-32(19-17-31)27(34)28-15-5-8-22-6-3-2-4-7-22/h2-4,6-7,9-14,20H,5,8,15-19H2,1H3,(H,28,34)(H,30,33). The average Bonchev–Trinajstić information content (AvgIpc) is 2.88. The quantitative estimate of drug-likeness (QED) is 0.524. The van der Waals surface area contributed by atoms with E-state index in [0.717, 1.165) is 37.3 Å². The van der Waals surface area contributed by atoms with E-state index in [2.05, 4.69) is 32.7 Å². The summed E-state index contributed by atoms with van der Waals surface area (Å²) in [5.41, 5.74) is 3.67. The van der Waals surface area contributed by atoms with Crippen molar-refractivity contribution < 1.29 is 9.59 Å². The first-order valence-corrected chi connectivity index (χ1v) is 11.7. The summed E-state index contributed by atoms with van der Waals surface area (Å²) >= 11 is 0. The van der Waals surface area contributed by atoms with Gasteiger partial charge in [-0.15, -0.1) is 0 Å². The van der Waals surface area contributed by atoms with Gasteiger partial charge >= 0.3 is 6.03 Å². The summed E-state index contributed by atoms with van der Waals surface area (Å²) < 4.78 is 0. The fourth-order valence-corrected chi connectivity index (χ4v) is 3.94. The van der Waals surface area contributed by atoms with E-state index in [0.29, 0.717) is 30.9 Å². The molecule has 0 bridgehead atoms. The lowest BCUT2D eigenvalue weighted by Crippen LogP contribution is -2.52. The number of amides is 3. The van der Waals surface area contributed by atoms with Gasteiger partial charge in [-0.05, 0) is 49.6 Å². The summed E-state index contributed by atoms with van der Waals surface area (Å²) in [5, 5.41) is 5.92. The number of piperazine rings is 1. The highest BCUT2D eigenvalue weighted by molar-refractivity contribution is 6.04. The van der Waals surface area contributed by atoms with Crippen molar-refractivity contribution in [3.05, 3.63) is 89.6 Å². The van der Waals surface area contributed by atoms with Crippen LogP contribution in [0.3, 0.4) is 0 Å². The van der Waals surface area contributed by atoms with Gasteiger partial charge in [-0.2, -0.15) is 0 Å². The molecule has 1 fully saturated rings. The molecular formula is C27H31N5O2. The SMILES string of the molecule is Cc1ccc(C(=O)Nc2ccc(N3CCN(C(=O)NCCCc4ccccc4)CC3)nc2)cc1. The first-order valence-electron chi connectivity index (χ1n) is 11.7. The normalized spacial score (nSPS) is 13.4. The number of pyridine rings is 1. The van der Waals surface area contributed by atoms with E-state index in [-0.39, 0.29) is 11.9 Å². The van der Waals surface area contributed by atoms with Crippen LogP contribution in [0.25, 0.3) is 0 Å². The second-order valence-electron chi connectivity index (χ2n) is 8.52. The molecule has 0 atom stereocenters. The van der Waals surface area contributed by atoms with Crippen LogP contribution in [0.2, 0.25) is 0 Å². The lowest BCUT2D eigenvalue weighted by molar-refractivity contribution is 0.102. The summed E-state index contributed by atoms with van der Waals surface area (Å²) in [4.78, 5) is 33.4. The molecule has 0 saturated carbocycles. The van der Waals surface area contributed by atoms with Gasteiger partial charge in [0.05, 0.1) is 11.9 Å². The lowest BCUT2D eigenvalue weighted by atomic mass is 10.1. The van der Waals surface area contributed by atoms with Crippen LogP contribution in [0.15, 0.2) is 72.9 Å². The Morgan fingerprint density at radius 3 is 2.32 bits per heavy atom. The second-order valence-corrected chi connectivity index (χ2v) is 8.52. The van der Waals surface area contributed by atoms with Gasteiger partial charge in [0.15, 0.2) is 0 Å². The Bertz CT molecular complexity index is 1080. The van der Waals surface area contributed by atoms with Crippen LogP contribution in [0, 0.1) is 6.92 Å². The molecule has 3 aromatic rings. The van der Waals surface area contributed by atoms with Crippen molar-refractivity contribution in [3.8, 4) is 0 Å². The van der Waals surface area contributed by atoms with Gasteiger partial charge in [0.2, 0.25) is 0 Å². The number of benzene rings is 2. The first kappa shape index (κ1) is 23.3. The predicted octanol–water partition coefficient (Wildman–Crippen LogP) is 4.11. The van der Waals surface area contributed by atoms with E-state index in [1.165, 1.54) is 5.56 Å². The van der Waals surface area contributed by atoms with Crippen LogP contribution < -0.4 is 15.5 Å². The maximum Gasteiger partial charge on any atom is 0.317 e. The number of nitrogens with zero attached hydrogens (tertiary/aromatic N) is 3. The van der Waals surface area contributed by atoms with Crippen LogP contribution >= 0.6 is 0 Å². The molecule has 2 heterocycles. The summed E-state index contributed by atoms with van der Waals surface area (Å²) in [5.74, 6) is 0.689. The second kappa shape index (κ2) is 11.3. The largest absolute Gasteiger partial charge is 0.353 e. The topological polar surface area (TPSA) is 77.6 Å². The Morgan fingerprint density at radius 1 is 0.912 bits per heavy atom. The molecule has 0 radical (unpaired) electrons.